The molecule has 0 radical (unpaired) electrons. The van der Waals surface area contributed by atoms with Crippen molar-refractivity contribution in [1.29, 1.82) is 0 Å². The summed E-state index contributed by atoms with van der Waals surface area (Å²) in [6, 6.07) is 15.9. The van der Waals surface area contributed by atoms with Crippen molar-refractivity contribution in [1.82, 2.24) is 15.1 Å². The molecule has 0 aliphatic rings. The van der Waals surface area contributed by atoms with Crippen LogP contribution in [0.25, 0.3) is 5.69 Å². The van der Waals surface area contributed by atoms with E-state index >= 15 is 0 Å². The van der Waals surface area contributed by atoms with Gasteiger partial charge in [-0.1, -0.05) is 41.9 Å². The highest BCUT2D eigenvalue weighted by Gasteiger charge is 2.22. The zero-order valence-corrected chi connectivity index (χ0v) is 14.8. The number of carboxylic acids is 1. The fourth-order valence-electron chi connectivity index (χ4n) is 2.62. The Bertz CT molecular complexity index is 972. The molecule has 3 rings (SSSR count). The van der Waals surface area contributed by atoms with Crippen molar-refractivity contribution in [2.45, 2.75) is 12.5 Å². The molecule has 0 aliphatic carbocycles. The van der Waals surface area contributed by atoms with Crippen molar-refractivity contribution in [3.8, 4) is 11.6 Å². The summed E-state index contributed by atoms with van der Waals surface area (Å²) in [7, 11) is 0. The molecule has 3 N–H and O–H groups in total. The summed E-state index contributed by atoms with van der Waals surface area (Å²) in [5, 5.41) is 26.4. The Kier molecular flexibility index (Phi) is 5.42. The first kappa shape index (κ1) is 18.5. The van der Waals surface area contributed by atoms with E-state index in [0.29, 0.717) is 16.3 Å². The van der Waals surface area contributed by atoms with Crippen LogP contribution in [-0.2, 0) is 4.79 Å². The third kappa shape index (κ3) is 4.45. The molecule has 2 aromatic carbocycles. The van der Waals surface area contributed by atoms with E-state index in [2.05, 4.69) is 10.4 Å². The summed E-state index contributed by atoms with van der Waals surface area (Å²) >= 11 is 5.96. The number of amides is 1. The number of carboxylic acid groups (broad SMARTS) is 1. The van der Waals surface area contributed by atoms with Crippen LogP contribution in [0.2, 0.25) is 5.02 Å². The lowest BCUT2D eigenvalue weighted by atomic mass is 10.0. The average Bonchev–Trinajstić information content (AvgIpc) is 3.03. The molecule has 0 saturated carbocycles. The monoisotopic (exact) mass is 385 g/mol. The molecule has 1 atom stereocenters. The second-order valence-electron chi connectivity index (χ2n) is 5.81. The Morgan fingerprint density at radius 2 is 1.85 bits per heavy atom. The van der Waals surface area contributed by atoms with Crippen LogP contribution in [0.3, 0.4) is 0 Å². The first-order valence-electron chi connectivity index (χ1n) is 8.06. The van der Waals surface area contributed by atoms with Gasteiger partial charge in [-0.05, 0) is 29.8 Å². The lowest BCUT2D eigenvalue weighted by molar-refractivity contribution is -0.137. The minimum absolute atomic E-state index is 0.0335. The van der Waals surface area contributed by atoms with Crippen molar-refractivity contribution in [3.63, 3.8) is 0 Å². The summed E-state index contributed by atoms with van der Waals surface area (Å²) in [6.07, 6.45) is -0.322. The normalized spacial score (nSPS) is 11.7. The maximum Gasteiger partial charge on any atom is 0.305 e. The predicted molar refractivity (Wildman–Crippen MR) is 99.1 cm³/mol. The molecule has 3 aromatic rings. The Balaban J connectivity index is 1.85. The number of hydrogen-bond acceptors (Lipinski definition) is 4. The topological polar surface area (TPSA) is 104 Å². The first-order valence-corrected chi connectivity index (χ1v) is 8.44. The van der Waals surface area contributed by atoms with Crippen LogP contribution in [-0.4, -0.2) is 31.9 Å². The number of aromatic hydroxyl groups is 1. The fraction of sp³-hybridized carbons (Fsp3) is 0.105. The van der Waals surface area contributed by atoms with Gasteiger partial charge in [0.05, 0.1) is 18.2 Å². The number of benzene rings is 2. The van der Waals surface area contributed by atoms with E-state index in [0.717, 1.165) is 0 Å². The summed E-state index contributed by atoms with van der Waals surface area (Å²) < 4.78 is 1.22. The van der Waals surface area contributed by atoms with E-state index in [9.17, 15) is 14.7 Å². The highest BCUT2D eigenvalue weighted by molar-refractivity contribution is 6.30. The number of aliphatic carboxylic acids is 1. The quantitative estimate of drug-likeness (QED) is 0.604. The smallest absolute Gasteiger partial charge is 0.305 e. The van der Waals surface area contributed by atoms with E-state index in [1.165, 1.54) is 10.7 Å². The van der Waals surface area contributed by atoms with Gasteiger partial charge in [0.1, 0.15) is 0 Å². The fourth-order valence-corrected chi connectivity index (χ4v) is 2.82. The van der Waals surface area contributed by atoms with Crippen molar-refractivity contribution in [2.24, 2.45) is 0 Å². The van der Waals surface area contributed by atoms with Gasteiger partial charge in [0.25, 0.3) is 5.91 Å². The molecule has 1 heterocycles. The van der Waals surface area contributed by atoms with Crippen LogP contribution in [0.15, 0.2) is 60.7 Å². The standard InChI is InChI=1S/C19H16ClN3O4/c20-13-6-4-5-12(9-13)15(11-18(25)26)21-19(27)16-10-17(24)23(22-16)14-7-2-1-3-8-14/h1-10,15,24H,11H2,(H,21,27)(H,25,26). The second-order valence-corrected chi connectivity index (χ2v) is 6.25. The van der Waals surface area contributed by atoms with Gasteiger partial charge in [-0.2, -0.15) is 5.10 Å². The third-order valence-corrected chi connectivity index (χ3v) is 4.09. The van der Waals surface area contributed by atoms with Gasteiger partial charge >= 0.3 is 5.97 Å². The molecular weight excluding hydrogens is 370 g/mol. The molecule has 0 aliphatic heterocycles. The molecule has 8 heteroatoms. The van der Waals surface area contributed by atoms with Gasteiger partial charge in [0.2, 0.25) is 5.88 Å². The number of nitrogens with zero attached hydrogens (tertiary/aromatic N) is 2. The van der Waals surface area contributed by atoms with Crippen molar-refractivity contribution < 1.29 is 19.8 Å². The van der Waals surface area contributed by atoms with Crippen LogP contribution < -0.4 is 5.32 Å². The Labute approximate surface area is 159 Å². The highest BCUT2D eigenvalue weighted by Crippen LogP contribution is 2.22. The number of aromatic nitrogens is 2. The number of nitrogens with one attached hydrogen (secondary N) is 1. The largest absolute Gasteiger partial charge is 0.493 e. The number of carbonyl (C=O) groups is 2. The van der Waals surface area contributed by atoms with Crippen LogP contribution >= 0.6 is 11.6 Å². The molecular formula is C19H16ClN3O4. The first-order chi connectivity index (χ1) is 12.9. The third-order valence-electron chi connectivity index (χ3n) is 3.86. The number of carbonyl (C=O) groups excluding carboxylic acids is 1. The average molecular weight is 386 g/mol. The summed E-state index contributed by atoms with van der Waals surface area (Å²) in [5.74, 6) is -1.88. The van der Waals surface area contributed by atoms with Gasteiger partial charge in [-0.25, -0.2) is 4.68 Å². The summed E-state index contributed by atoms with van der Waals surface area (Å²) in [5.41, 5.74) is 1.12. The Morgan fingerprint density at radius 1 is 1.11 bits per heavy atom. The second kappa shape index (κ2) is 7.92. The molecule has 1 unspecified atom stereocenters. The molecule has 1 amide bonds. The lowest BCUT2D eigenvalue weighted by Gasteiger charge is -2.17. The summed E-state index contributed by atoms with van der Waals surface area (Å²) in [6.45, 7) is 0. The number of halogens is 1. The van der Waals surface area contributed by atoms with Crippen LogP contribution in [0.1, 0.15) is 28.5 Å². The predicted octanol–water partition coefficient (Wildman–Crippen LogP) is 3.18. The molecule has 7 nitrogen and oxygen atoms in total. The number of hydrogen-bond donors (Lipinski definition) is 3. The lowest BCUT2D eigenvalue weighted by Crippen LogP contribution is -2.30. The molecule has 0 fully saturated rings. The van der Waals surface area contributed by atoms with Crippen molar-refractivity contribution in [3.05, 3.63) is 76.9 Å². The molecule has 0 spiro atoms. The minimum Gasteiger partial charge on any atom is -0.493 e. The minimum atomic E-state index is -1.07. The van der Waals surface area contributed by atoms with E-state index in [1.54, 1.807) is 48.5 Å². The molecule has 27 heavy (non-hydrogen) atoms. The maximum absolute atomic E-state index is 12.6. The van der Waals surface area contributed by atoms with Crippen LogP contribution in [0, 0.1) is 0 Å². The van der Waals surface area contributed by atoms with Crippen LogP contribution in [0.4, 0.5) is 0 Å². The SMILES string of the molecule is O=C(O)CC(NC(=O)c1cc(O)n(-c2ccccc2)n1)c1cccc(Cl)c1. The van der Waals surface area contributed by atoms with Crippen molar-refractivity contribution >= 4 is 23.5 Å². The van der Waals surface area contributed by atoms with E-state index in [1.807, 2.05) is 6.07 Å². The Hall–Kier alpha value is -3.32. The maximum atomic E-state index is 12.6. The van der Waals surface area contributed by atoms with Gasteiger partial charge < -0.3 is 15.5 Å². The number of para-hydroxylation sites is 1. The van der Waals surface area contributed by atoms with Gasteiger partial charge in [-0.3, -0.25) is 9.59 Å². The zero-order valence-electron chi connectivity index (χ0n) is 14.0. The van der Waals surface area contributed by atoms with E-state index in [4.69, 9.17) is 16.7 Å². The summed E-state index contributed by atoms with van der Waals surface area (Å²) in [4.78, 5) is 23.8. The van der Waals surface area contributed by atoms with Crippen LogP contribution in [0.5, 0.6) is 5.88 Å². The number of rotatable bonds is 6. The molecule has 138 valence electrons. The van der Waals surface area contributed by atoms with E-state index < -0.39 is 17.9 Å². The molecule has 0 bridgehead atoms. The highest BCUT2D eigenvalue weighted by atomic mass is 35.5. The van der Waals surface area contributed by atoms with Gasteiger partial charge in [-0.15, -0.1) is 0 Å². The van der Waals surface area contributed by atoms with E-state index in [-0.39, 0.29) is 18.0 Å². The zero-order chi connectivity index (χ0) is 19.4. The molecule has 1 aromatic heterocycles. The Morgan fingerprint density at radius 3 is 2.52 bits per heavy atom. The van der Waals surface area contributed by atoms with Crippen molar-refractivity contribution in [2.75, 3.05) is 0 Å². The molecule has 0 saturated heterocycles. The van der Waals surface area contributed by atoms with Gasteiger partial charge in [0, 0.05) is 11.1 Å². The van der Waals surface area contributed by atoms with Gasteiger partial charge in [0.15, 0.2) is 5.69 Å².